The van der Waals surface area contributed by atoms with E-state index in [4.69, 9.17) is 4.52 Å². The van der Waals surface area contributed by atoms with Crippen molar-refractivity contribution in [1.29, 1.82) is 0 Å². The second-order valence-corrected chi connectivity index (χ2v) is 8.88. The first-order valence-electron chi connectivity index (χ1n) is 10.2. The van der Waals surface area contributed by atoms with Gasteiger partial charge in [0.05, 0.1) is 5.69 Å². The Morgan fingerprint density at radius 3 is 2.44 bits per heavy atom. The number of carbonyl (C=O) groups is 2. The molecule has 0 N–H and O–H groups in total. The predicted octanol–water partition coefficient (Wildman–Crippen LogP) is 4.12. The average molecular weight is 495 g/mol. The number of aromatic nitrogens is 2. The number of anilines is 1. The number of hydrogen-bond donors (Lipinski definition) is 0. The molecule has 2 aliphatic rings. The smallest absolute Gasteiger partial charge is 0.263 e. The summed E-state index contributed by atoms with van der Waals surface area (Å²) in [6.07, 6.45) is 0. The number of rotatable bonds is 5. The molecule has 0 radical (unpaired) electrons. The standard InChI is InChI=1S/C22H19BrN6O3/c1-12(2)13-5-9-16(10-6-13)29-21(30)18-19(22(29)31)28(27-25-18)11-17-24-20(26-32-17)14-3-7-15(23)8-4-14/h3-10,12,18-19H,11H2,1-2H3/t18-,19-/m0/s1. The first-order valence-corrected chi connectivity index (χ1v) is 11.0. The largest absolute Gasteiger partial charge is 0.337 e. The summed E-state index contributed by atoms with van der Waals surface area (Å²) < 4.78 is 6.29. The molecule has 2 aromatic carbocycles. The van der Waals surface area contributed by atoms with Gasteiger partial charge in [-0.3, -0.25) is 14.6 Å². The van der Waals surface area contributed by atoms with Crippen molar-refractivity contribution in [3.05, 3.63) is 64.5 Å². The number of amides is 2. The first kappa shape index (κ1) is 20.5. The van der Waals surface area contributed by atoms with Crippen LogP contribution in [-0.2, 0) is 16.1 Å². The van der Waals surface area contributed by atoms with Crippen molar-refractivity contribution in [2.75, 3.05) is 4.90 Å². The Morgan fingerprint density at radius 1 is 1.03 bits per heavy atom. The number of benzene rings is 2. The van der Waals surface area contributed by atoms with Crippen LogP contribution in [0.4, 0.5) is 5.69 Å². The van der Waals surface area contributed by atoms with Gasteiger partial charge >= 0.3 is 0 Å². The minimum atomic E-state index is -0.874. The Kier molecular flexibility index (Phi) is 5.09. The number of halogens is 1. The van der Waals surface area contributed by atoms with E-state index in [1.165, 1.54) is 9.91 Å². The number of hydrogen-bond acceptors (Lipinski definition) is 8. The molecule has 0 saturated carbocycles. The van der Waals surface area contributed by atoms with Crippen LogP contribution in [0.25, 0.3) is 11.4 Å². The highest BCUT2D eigenvalue weighted by Crippen LogP contribution is 2.33. The number of nitrogens with zero attached hydrogens (tertiary/aromatic N) is 6. The summed E-state index contributed by atoms with van der Waals surface area (Å²) >= 11 is 3.39. The normalized spacial score (nSPS) is 20.0. The van der Waals surface area contributed by atoms with Gasteiger partial charge in [0.15, 0.2) is 12.1 Å². The molecule has 1 saturated heterocycles. The fourth-order valence-electron chi connectivity index (χ4n) is 3.79. The van der Waals surface area contributed by atoms with Crippen LogP contribution in [0.3, 0.4) is 0 Å². The van der Waals surface area contributed by atoms with Gasteiger partial charge in [-0.25, -0.2) is 4.90 Å². The van der Waals surface area contributed by atoms with E-state index in [1.54, 1.807) is 12.1 Å². The molecule has 1 fully saturated rings. The highest BCUT2D eigenvalue weighted by molar-refractivity contribution is 9.10. The van der Waals surface area contributed by atoms with Gasteiger partial charge in [0.1, 0.15) is 6.54 Å². The van der Waals surface area contributed by atoms with Crippen LogP contribution in [0.2, 0.25) is 0 Å². The lowest BCUT2D eigenvalue weighted by molar-refractivity contribution is -0.123. The number of carbonyl (C=O) groups excluding carboxylic acids is 2. The van der Waals surface area contributed by atoms with E-state index < -0.39 is 12.1 Å². The van der Waals surface area contributed by atoms with Gasteiger partial charge < -0.3 is 4.52 Å². The van der Waals surface area contributed by atoms with Gasteiger partial charge in [-0.15, -0.1) is 0 Å². The molecule has 0 spiro atoms. The van der Waals surface area contributed by atoms with Gasteiger partial charge in [-0.1, -0.05) is 52.3 Å². The molecule has 0 aliphatic carbocycles. The zero-order valence-electron chi connectivity index (χ0n) is 17.3. The van der Waals surface area contributed by atoms with E-state index in [0.29, 0.717) is 17.4 Å². The lowest BCUT2D eigenvalue weighted by atomic mass is 10.0. The first-order chi connectivity index (χ1) is 15.4. The second-order valence-electron chi connectivity index (χ2n) is 7.97. The second kappa shape index (κ2) is 7.94. The van der Waals surface area contributed by atoms with E-state index in [9.17, 15) is 9.59 Å². The molecule has 5 rings (SSSR count). The molecule has 3 heterocycles. The maximum atomic E-state index is 13.1. The third-order valence-corrected chi connectivity index (χ3v) is 6.07. The molecule has 2 aliphatic heterocycles. The van der Waals surface area contributed by atoms with Crippen molar-refractivity contribution >= 4 is 33.4 Å². The van der Waals surface area contributed by atoms with E-state index in [0.717, 1.165) is 15.6 Å². The lowest BCUT2D eigenvalue weighted by Crippen LogP contribution is -2.39. The lowest BCUT2D eigenvalue weighted by Gasteiger charge is -2.19. The summed E-state index contributed by atoms with van der Waals surface area (Å²) in [5.74, 6) is 0.317. The zero-order valence-corrected chi connectivity index (χ0v) is 18.9. The van der Waals surface area contributed by atoms with Crippen LogP contribution in [0.15, 0.2) is 67.9 Å². The van der Waals surface area contributed by atoms with Crippen molar-refractivity contribution in [1.82, 2.24) is 15.1 Å². The van der Waals surface area contributed by atoms with Crippen molar-refractivity contribution in [2.24, 2.45) is 10.3 Å². The summed E-state index contributed by atoms with van der Waals surface area (Å²) in [5.41, 5.74) is 2.46. The summed E-state index contributed by atoms with van der Waals surface area (Å²) in [6.45, 7) is 4.25. The topological polar surface area (TPSA) is 104 Å². The minimum Gasteiger partial charge on any atom is -0.337 e. The van der Waals surface area contributed by atoms with Crippen LogP contribution >= 0.6 is 15.9 Å². The van der Waals surface area contributed by atoms with E-state index in [2.05, 4.69) is 50.3 Å². The van der Waals surface area contributed by atoms with Crippen molar-refractivity contribution in [3.63, 3.8) is 0 Å². The van der Waals surface area contributed by atoms with Crippen molar-refractivity contribution in [3.8, 4) is 11.4 Å². The van der Waals surface area contributed by atoms with E-state index in [-0.39, 0.29) is 24.2 Å². The maximum absolute atomic E-state index is 13.1. The predicted molar refractivity (Wildman–Crippen MR) is 118 cm³/mol. The molecule has 3 aromatic rings. The highest BCUT2D eigenvalue weighted by Gasteiger charge is 2.55. The van der Waals surface area contributed by atoms with E-state index in [1.807, 2.05) is 36.4 Å². The van der Waals surface area contributed by atoms with Gasteiger partial charge in [-0.05, 0) is 47.9 Å². The summed E-state index contributed by atoms with van der Waals surface area (Å²) in [4.78, 5) is 31.6. The molecule has 2 atom stereocenters. The Balaban J connectivity index is 1.34. The van der Waals surface area contributed by atoms with E-state index >= 15 is 0 Å². The summed E-state index contributed by atoms with van der Waals surface area (Å²) in [7, 11) is 0. The third-order valence-electron chi connectivity index (χ3n) is 5.54. The zero-order chi connectivity index (χ0) is 22.4. The third kappa shape index (κ3) is 3.50. The molecular formula is C22H19BrN6O3. The number of imide groups is 1. The number of fused-ring (bicyclic) bond motifs is 1. The van der Waals surface area contributed by atoms with Gasteiger partial charge in [0, 0.05) is 10.0 Å². The molecule has 2 amide bonds. The molecule has 10 heteroatoms. The Labute approximate surface area is 192 Å². The van der Waals surface area contributed by atoms with Crippen LogP contribution in [0.1, 0.15) is 31.2 Å². The monoisotopic (exact) mass is 494 g/mol. The molecular weight excluding hydrogens is 476 g/mol. The molecule has 9 nitrogen and oxygen atoms in total. The molecule has 162 valence electrons. The SMILES string of the molecule is CC(C)c1ccc(N2C(=O)[C@H]3N=NN(Cc4nc(-c5ccc(Br)cc5)no4)[C@@H]3C2=O)cc1. The van der Waals surface area contributed by atoms with Crippen LogP contribution in [-0.4, -0.2) is 39.0 Å². The fourth-order valence-corrected chi connectivity index (χ4v) is 4.05. The summed E-state index contributed by atoms with van der Waals surface area (Å²) in [6, 6.07) is 13.2. The molecule has 1 aromatic heterocycles. The van der Waals surface area contributed by atoms with Crippen molar-refractivity contribution in [2.45, 2.75) is 38.4 Å². The van der Waals surface area contributed by atoms with Gasteiger partial charge in [0.25, 0.3) is 11.8 Å². The van der Waals surface area contributed by atoms with Crippen molar-refractivity contribution < 1.29 is 14.1 Å². The highest BCUT2D eigenvalue weighted by atomic mass is 79.9. The Hall–Kier alpha value is -3.40. The van der Waals surface area contributed by atoms with Gasteiger partial charge in [0.2, 0.25) is 11.7 Å². The van der Waals surface area contributed by atoms with Crippen LogP contribution in [0.5, 0.6) is 0 Å². The minimum absolute atomic E-state index is 0.0767. The molecule has 0 unspecified atom stereocenters. The summed E-state index contributed by atoms with van der Waals surface area (Å²) in [5, 5.41) is 13.5. The maximum Gasteiger partial charge on any atom is 0.263 e. The Morgan fingerprint density at radius 2 is 1.75 bits per heavy atom. The molecule has 0 bridgehead atoms. The fraction of sp³-hybridized carbons (Fsp3) is 0.273. The van der Waals surface area contributed by atoms with Crippen LogP contribution < -0.4 is 4.90 Å². The Bertz CT molecular complexity index is 1210. The van der Waals surface area contributed by atoms with Gasteiger partial charge in [-0.2, -0.15) is 10.1 Å². The quantitative estimate of drug-likeness (QED) is 0.494. The molecule has 32 heavy (non-hydrogen) atoms. The van der Waals surface area contributed by atoms with Crippen LogP contribution in [0, 0.1) is 0 Å². The average Bonchev–Trinajstić information content (AvgIpc) is 3.47.